The Morgan fingerprint density at radius 2 is 1.63 bits per heavy atom. The van der Waals surface area contributed by atoms with E-state index in [2.05, 4.69) is 24.0 Å². The highest BCUT2D eigenvalue weighted by Crippen LogP contribution is 2.27. The summed E-state index contributed by atoms with van der Waals surface area (Å²) in [5.74, 6) is 0.468. The summed E-state index contributed by atoms with van der Waals surface area (Å²) in [6.07, 6.45) is 4.39. The van der Waals surface area contributed by atoms with Gasteiger partial charge in [-0.25, -0.2) is 4.98 Å². The van der Waals surface area contributed by atoms with Gasteiger partial charge >= 0.3 is 0 Å². The van der Waals surface area contributed by atoms with Crippen LogP contribution in [0.15, 0.2) is 29.6 Å². The van der Waals surface area contributed by atoms with Crippen molar-refractivity contribution in [2.75, 3.05) is 26.2 Å². The van der Waals surface area contributed by atoms with Crippen LogP contribution < -0.4 is 0 Å². The smallest absolute Gasteiger partial charge is 0.273 e. The molecule has 0 unspecified atom stereocenters. The Morgan fingerprint density at radius 1 is 1.00 bits per heavy atom. The normalized spacial score (nSPS) is 18.1. The highest BCUT2D eigenvalue weighted by Gasteiger charge is 2.31. The zero-order valence-electron chi connectivity index (χ0n) is 15.7. The standard InChI is InChI=1S/C21H25N3O2S/c1-15-6-8-16(9-7-15)19-22-18(14-27-19)21(26)24-12-10-23(11-13-24)20(25)17-4-2-3-5-17/h6-9,14,17H,2-5,10-13H2,1H3. The van der Waals surface area contributed by atoms with Crippen molar-refractivity contribution < 1.29 is 9.59 Å². The zero-order chi connectivity index (χ0) is 18.8. The van der Waals surface area contributed by atoms with Crippen LogP contribution in [0.2, 0.25) is 0 Å². The number of aromatic nitrogens is 1. The number of nitrogens with zero attached hydrogens (tertiary/aromatic N) is 3. The number of thiazole rings is 1. The number of hydrogen-bond acceptors (Lipinski definition) is 4. The lowest BCUT2D eigenvalue weighted by Crippen LogP contribution is -2.51. The predicted octanol–water partition coefficient (Wildman–Crippen LogP) is 3.59. The van der Waals surface area contributed by atoms with Crippen LogP contribution in [0.1, 0.15) is 41.7 Å². The summed E-state index contributed by atoms with van der Waals surface area (Å²) >= 11 is 1.50. The van der Waals surface area contributed by atoms with Crippen molar-refractivity contribution in [3.8, 4) is 10.6 Å². The predicted molar refractivity (Wildman–Crippen MR) is 107 cm³/mol. The molecular formula is C21H25N3O2S. The number of carbonyl (C=O) groups is 2. The van der Waals surface area contributed by atoms with E-state index in [4.69, 9.17) is 0 Å². The number of piperazine rings is 1. The SMILES string of the molecule is Cc1ccc(-c2nc(C(=O)N3CCN(C(=O)C4CCCC4)CC3)cs2)cc1. The molecule has 0 radical (unpaired) electrons. The summed E-state index contributed by atoms with van der Waals surface area (Å²) in [6, 6.07) is 8.18. The van der Waals surface area contributed by atoms with Crippen molar-refractivity contribution >= 4 is 23.2 Å². The van der Waals surface area contributed by atoms with E-state index in [1.54, 1.807) is 0 Å². The van der Waals surface area contributed by atoms with Gasteiger partial charge in [-0.1, -0.05) is 42.7 Å². The second-order valence-corrected chi connectivity index (χ2v) is 8.36. The Morgan fingerprint density at radius 3 is 2.30 bits per heavy atom. The van der Waals surface area contributed by atoms with Gasteiger partial charge in [-0.05, 0) is 19.8 Å². The third kappa shape index (κ3) is 3.90. The van der Waals surface area contributed by atoms with Crippen molar-refractivity contribution in [1.29, 1.82) is 0 Å². The third-order valence-corrected chi connectivity index (χ3v) is 6.50. The first-order valence-corrected chi connectivity index (χ1v) is 10.6. The molecule has 2 amide bonds. The van der Waals surface area contributed by atoms with Gasteiger partial charge < -0.3 is 9.80 Å². The summed E-state index contributed by atoms with van der Waals surface area (Å²) in [6.45, 7) is 4.51. The van der Waals surface area contributed by atoms with Gasteiger partial charge in [-0.2, -0.15) is 0 Å². The number of carbonyl (C=O) groups excluding carboxylic acids is 2. The Labute approximate surface area is 164 Å². The number of benzene rings is 1. The average Bonchev–Trinajstić information content (AvgIpc) is 3.40. The molecule has 0 spiro atoms. The van der Waals surface area contributed by atoms with E-state index in [1.807, 2.05) is 27.3 Å². The average molecular weight is 384 g/mol. The van der Waals surface area contributed by atoms with E-state index in [9.17, 15) is 9.59 Å². The van der Waals surface area contributed by atoms with Gasteiger partial charge in [0.25, 0.3) is 5.91 Å². The molecule has 2 aromatic rings. The Balaban J connectivity index is 1.37. The second-order valence-electron chi connectivity index (χ2n) is 7.50. The summed E-state index contributed by atoms with van der Waals surface area (Å²) < 4.78 is 0. The number of hydrogen-bond donors (Lipinski definition) is 0. The first-order chi connectivity index (χ1) is 13.1. The molecule has 27 heavy (non-hydrogen) atoms. The van der Waals surface area contributed by atoms with Crippen molar-refractivity contribution in [1.82, 2.24) is 14.8 Å². The largest absolute Gasteiger partial charge is 0.339 e. The maximum absolute atomic E-state index is 12.8. The second kappa shape index (κ2) is 7.80. The maximum Gasteiger partial charge on any atom is 0.273 e. The summed E-state index contributed by atoms with van der Waals surface area (Å²) in [7, 11) is 0. The number of aryl methyl sites for hydroxylation is 1. The highest BCUT2D eigenvalue weighted by molar-refractivity contribution is 7.13. The zero-order valence-corrected chi connectivity index (χ0v) is 16.5. The minimum absolute atomic E-state index is 0.0300. The van der Waals surface area contributed by atoms with Crippen molar-refractivity contribution in [2.45, 2.75) is 32.6 Å². The van der Waals surface area contributed by atoms with E-state index in [0.29, 0.717) is 31.9 Å². The van der Waals surface area contributed by atoms with Gasteiger partial charge in [0.15, 0.2) is 0 Å². The first kappa shape index (κ1) is 18.2. The molecule has 142 valence electrons. The molecule has 0 bridgehead atoms. The van der Waals surface area contributed by atoms with Gasteiger partial charge in [0, 0.05) is 43.0 Å². The molecule has 5 nitrogen and oxygen atoms in total. The molecular weight excluding hydrogens is 358 g/mol. The quantitative estimate of drug-likeness (QED) is 0.814. The van der Waals surface area contributed by atoms with E-state index >= 15 is 0 Å². The van der Waals surface area contributed by atoms with E-state index in [1.165, 1.54) is 29.7 Å². The van der Waals surface area contributed by atoms with Crippen LogP contribution in [0.5, 0.6) is 0 Å². The van der Waals surface area contributed by atoms with Gasteiger partial charge in [0.2, 0.25) is 5.91 Å². The van der Waals surface area contributed by atoms with Gasteiger partial charge in [-0.15, -0.1) is 11.3 Å². The van der Waals surface area contributed by atoms with Gasteiger partial charge in [0.05, 0.1) is 0 Å². The van der Waals surface area contributed by atoms with Crippen molar-refractivity contribution in [2.24, 2.45) is 5.92 Å². The molecule has 1 aromatic heterocycles. The molecule has 6 heteroatoms. The summed E-state index contributed by atoms with van der Waals surface area (Å²) in [5, 5.41) is 2.71. The fourth-order valence-electron chi connectivity index (χ4n) is 3.92. The van der Waals surface area contributed by atoms with Crippen LogP contribution in [0.25, 0.3) is 10.6 Å². The maximum atomic E-state index is 12.8. The van der Waals surface area contributed by atoms with Crippen LogP contribution in [0.4, 0.5) is 0 Å². The van der Waals surface area contributed by atoms with E-state index in [0.717, 1.165) is 23.4 Å². The molecule has 2 heterocycles. The minimum Gasteiger partial charge on any atom is -0.339 e. The monoisotopic (exact) mass is 383 g/mol. The number of rotatable bonds is 3. The molecule has 2 fully saturated rings. The molecule has 1 aromatic carbocycles. The van der Waals surface area contributed by atoms with Crippen LogP contribution in [-0.4, -0.2) is 52.8 Å². The molecule has 1 saturated heterocycles. The van der Waals surface area contributed by atoms with Crippen molar-refractivity contribution in [3.63, 3.8) is 0 Å². The van der Waals surface area contributed by atoms with Crippen molar-refractivity contribution in [3.05, 3.63) is 40.9 Å². The molecule has 1 aliphatic heterocycles. The van der Waals surface area contributed by atoms with Crippen LogP contribution >= 0.6 is 11.3 Å². The lowest BCUT2D eigenvalue weighted by Gasteiger charge is -2.35. The van der Waals surface area contributed by atoms with Crippen LogP contribution in [-0.2, 0) is 4.79 Å². The molecule has 2 aliphatic rings. The van der Waals surface area contributed by atoms with E-state index in [-0.39, 0.29) is 17.7 Å². The summed E-state index contributed by atoms with van der Waals surface area (Å²) in [4.78, 5) is 33.7. The summed E-state index contributed by atoms with van der Waals surface area (Å²) in [5.41, 5.74) is 2.75. The van der Waals surface area contributed by atoms with Crippen LogP contribution in [0, 0.1) is 12.8 Å². The fraction of sp³-hybridized carbons (Fsp3) is 0.476. The van der Waals surface area contributed by atoms with Gasteiger partial charge in [0.1, 0.15) is 10.7 Å². The minimum atomic E-state index is -0.0300. The Hall–Kier alpha value is -2.21. The Kier molecular flexibility index (Phi) is 5.25. The van der Waals surface area contributed by atoms with Gasteiger partial charge in [-0.3, -0.25) is 9.59 Å². The third-order valence-electron chi connectivity index (χ3n) is 5.60. The number of amides is 2. The lowest BCUT2D eigenvalue weighted by molar-refractivity contribution is -0.136. The van der Waals surface area contributed by atoms with Crippen LogP contribution in [0.3, 0.4) is 0 Å². The first-order valence-electron chi connectivity index (χ1n) is 9.72. The fourth-order valence-corrected chi connectivity index (χ4v) is 4.72. The van der Waals surface area contributed by atoms with E-state index < -0.39 is 0 Å². The Bertz CT molecular complexity index is 816. The molecule has 1 aliphatic carbocycles. The molecule has 0 atom stereocenters. The molecule has 4 rings (SSSR count). The molecule has 1 saturated carbocycles. The highest BCUT2D eigenvalue weighted by atomic mass is 32.1. The molecule has 0 N–H and O–H groups in total. The topological polar surface area (TPSA) is 53.5 Å². The lowest BCUT2D eigenvalue weighted by atomic mass is 10.1.